The van der Waals surface area contributed by atoms with Crippen molar-refractivity contribution in [1.29, 1.82) is 5.26 Å². The summed E-state index contributed by atoms with van der Waals surface area (Å²) in [6, 6.07) is 14.2. The first kappa shape index (κ1) is 13.4. The van der Waals surface area contributed by atoms with E-state index in [1.807, 2.05) is 12.1 Å². The zero-order chi connectivity index (χ0) is 14.7. The molecule has 0 amide bonds. The molecule has 1 fully saturated rings. The third-order valence-corrected chi connectivity index (χ3v) is 3.74. The minimum Gasteiger partial charge on any atom is -0.368 e. The van der Waals surface area contributed by atoms with Crippen molar-refractivity contribution in [3.63, 3.8) is 0 Å². The van der Waals surface area contributed by atoms with Crippen LogP contribution in [0.2, 0.25) is 0 Å². The smallest absolute Gasteiger partial charge is 0.163 e. The summed E-state index contributed by atoms with van der Waals surface area (Å²) >= 11 is 0. The van der Waals surface area contributed by atoms with E-state index in [2.05, 4.69) is 51.2 Å². The monoisotopic (exact) mass is 279 g/mol. The summed E-state index contributed by atoms with van der Waals surface area (Å²) in [5.74, 6) is 0.845. The number of rotatable bonds is 2. The van der Waals surface area contributed by atoms with E-state index < -0.39 is 0 Å². The Morgan fingerprint density at radius 3 is 2.38 bits per heavy atom. The van der Waals surface area contributed by atoms with Crippen LogP contribution in [0.25, 0.3) is 0 Å². The molecule has 0 radical (unpaired) electrons. The number of benzene rings is 1. The van der Waals surface area contributed by atoms with Crippen LogP contribution in [0.4, 0.5) is 11.5 Å². The van der Waals surface area contributed by atoms with Crippen LogP contribution in [0.15, 0.2) is 36.4 Å². The van der Waals surface area contributed by atoms with E-state index in [9.17, 15) is 0 Å². The number of aromatic nitrogens is 2. The molecule has 1 aliphatic rings. The topological polar surface area (TPSA) is 56.0 Å². The first-order valence-corrected chi connectivity index (χ1v) is 7.06. The lowest BCUT2D eigenvalue weighted by Gasteiger charge is -2.36. The number of aryl methyl sites for hydroxylation is 1. The van der Waals surface area contributed by atoms with Gasteiger partial charge in [-0.3, -0.25) is 0 Å². The predicted octanol–water partition coefficient (Wildman–Crippen LogP) is 1.98. The Balaban J connectivity index is 1.66. The molecule has 1 aromatic heterocycles. The van der Waals surface area contributed by atoms with Crippen LogP contribution in [0, 0.1) is 18.3 Å². The van der Waals surface area contributed by atoms with Gasteiger partial charge in [-0.2, -0.15) is 5.26 Å². The molecule has 1 aliphatic heterocycles. The number of nitriles is 1. The second kappa shape index (κ2) is 5.80. The van der Waals surface area contributed by atoms with Gasteiger partial charge in [-0.15, -0.1) is 10.2 Å². The van der Waals surface area contributed by atoms with Gasteiger partial charge in [0.25, 0.3) is 0 Å². The van der Waals surface area contributed by atoms with Gasteiger partial charge in [-0.1, -0.05) is 12.1 Å². The van der Waals surface area contributed by atoms with Gasteiger partial charge in [0.05, 0.1) is 0 Å². The van der Waals surface area contributed by atoms with E-state index in [1.165, 1.54) is 11.3 Å². The van der Waals surface area contributed by atoms with Crippen molar-refractivity contribution in [3.8, 4) is 6.07 Å². The Kier molecular flexibility index (Phi) is 3.69. The molecule has 0 bridgehead atoms. The predicted molar refractivity (Wildman–Crippen MR) is 82.4 cm³/mol. The fourth-order valence-corrected chi connectivity index (χ4v) is 2.57. The second-order valence-electron chi connectivity index (χ2n) is 5.20. The standard InChI is InChI=1S/C16H17N5/c1-13-3-2-4-15(11-13)20-7-9-21(10-8-20)16-6-5-14(12-17)18-19-16/h2-6,11H,7-10H2,1H3. The molecule has 1 aromatic carbocycles. The number of hydrogen-bond donors (Lipinski definition) is 0. The highest BCUT2D eigenvalue weighted by Gasteiger charge is 2.18. The number of hydrogen-bond acceptors (Lipinski definition) is 5. The van der Waals surface area contributed by atoms with Crippen molar-refractivity contribution in [2.45, 2.75) is 6.92 Å². The normalized spacial score (nSPS) is 14.9. The molecule has 0 spiro atoms. The summed E-state index contributed by atoms with van der Waals surface area (Å²) in [6.45, 7) is 5.87. The summed E-state index contributed by atoms with van der Waals surface area (Å²) in [5, 5.41) is 16.8. The molecule has 5 nitrogen and oxygen atoms in total. The highest BCUT2D eigenvalue weighted by Crippen LogP contribution is 2.19. The lowest BCUT2D eigenvalue weighted by Crippen LogP contribution is -2.46. The van der Waals surface area contributed by atoms with E-state index in [1.54, 1.807) is 6.07 Å². The molecule has 0 atom stereocenters. The highest BCUT2D eigenvalue weighted by molar-refractivity contribution is 5.50. The Morgan fingerprint density at radius 2 is 1.76 bits per heavy atom. The van der Waals surface area contributed by atoms with Gasteiger partial charge in [0, 0.05) is 31.9 Å². The van der Waals surface area contributed by atoms with Crippen molar-refractivity contribution in [2.75, 3.05) is 36.0 Å². The minimum absolute atomic E-state index is 0.358. The maximum Gasteiger partial charge on any atom is 0.163 e. The molecular formula is C16H17N5. The molecule has 5 heteroatoms. The van der Waals surface area contributed by atoms with E-state index >= 15 is 0 Å². The number of nitrogens with zero attached hydrogens (tertiary/aromatic N) is 5. The molecular weight excluding hydrogens is 262 g/mol. The van der Waals surface area contributed by atoms with Crippen LogP contribution < -0.4 is 9.80 Å². The summed E-state index contributed by atoms with van der Waals surface area (Å²) in [4.78, 5) is 4.60. The second-order valence-corrected chi connectivity index (χ2v) is 5.20. The quantitative estimate of drug-likeness (QED) is 0.841. The number of piperazine rings is 1. The van der Waals surface area contributed by atoms with Crippen LogP contribution in [-0.2, 0) is 0 Å². The molecule has 21 heavy (non-hydrogen) atoms. The fourth-order valence-electron chi connectivity index (χ4n) is 2.57. The summed E-state index contributed by atoms with van der Waals surface area (Å²) in [5.41, 5.74) is 2.92. The lowest BCUT2D eigenvalue weighted by molar-refractivity contribution is 0.643. The maximum absolute atomic E-state index is 8.75. The molecule has 2 heterocycles. The van der Waals surface area contributed by atoms with Gasteiger partial charge in [-0.25, -0.2) is 0 Å². The Morgan fingerprint density at radius 1 is 1.00 bits per heavy atom. The first-order valence-electron chi connectivity index (χ1n) is 7.06. The Hall–Kier alpha value is -2.61. The van der Waals surface area contributed by atoms with Gasteiger partial charge < -0.3 is 9.80 Å². The third-order valence-electron chi connectivity index (χ3n) is 3.74. The zero-order valence-electron chi connectivity index (χ0n) is 12.0. The van der Waals surface area contributed by atoms with Gasteiger partial charge >= 0.3 is 0 Å². The summed E-state index contributed by atoms with van der Waals surface area (Å²) in [6.07, 6.45) is 0. The van der Waals surface area contributed by atoms with Crippen molar-refractivity contribution < 1.29 is 0 Å². The molecule has 0 saturated carbocycles. The van der Waals surface area contributed by atoms with Gasteiger partial charge in [0.1, 0.15) is 6.07 Å². The van der Waals surface area contributed by atoms with Crippen LogP contribution in [0.3, 0.4) is 0 Å². The maximum atomic E-state index is 8.75. The summed E-state index contributed by atoms with van der Waals surface area (Å²) < 4.78 is 0. The molecule has 0 N–H and O–H groups in total. The van der Waals surface area contributed by atoms with Crippen LogP contribution >= 0.6 is 0 Å². The molecule has 2 aromatic rings. The minimum atomic E-state index is 0.358. The van der Waals surface area contributed by atoms with Crippen molar-refractivity contribution >= 4 is 11.5 Å². The first-order chi connectivity index (χ1) is 10.3. The van der Waals surface area contributed by atoms with E-state index in [0.29, 0.717) is 5.69 Å². The number of anilines is 2. The third kappa shape index (κ3) is 2.95. The SMILES string of the molecule is Cc1cccc(N2CCN(c3ccc(C#N)nn3)CC2)c1. The van der Waals surface area contributed by atoms with Gasteiger partial charge in [-0.05, 0) is 36.8 Å². The molecule has 0 unspecified atom stereocenters. The molecule has 0 aliphatic carbocycles. The molecule has 3 rings (SSSR count). The van der Waals surface area contributed by atoms with Crippen molar-refractivity contribution in [2.24, 2.45) is 0 Å². The molecule has 106 valence electrons. The van der Waals surface area contributed by atoms with Crippen LogP contribution in [-0.4, -0.2) is 36.4 Å². The average molecular weight is 279 g/mol. The van der Waals surface area contributed by atoms with E-state index in [4.69, 9.17) is 5.26 Å². The molecule has 1 saturated heterocycles. The van der Waals surface area contributed by atoms with Crippen LogP contribution in [0.1, 0.15) is 11.3 Å². The van der Waals surface area contributed by atoms with Gasteiger partial charge in [0.15, 0.2) is 11.5 Å². The van der Waals surface area contributed by atoms with E-state index in [0.717, 1.165) is 32.0 Å². The van der Waals surface area contributed by atoms with Gasteiger partial charge in [0.2, 0.25) is 0 Å². The zero-order valence-corrected chi connectivity index (χ0v) is 12.0. The lowest BCUT2D eigenvalue weighted by atomic mass is 10.2. The summed E-state index contributed by atoms with van der Waals surface area (Å²) in [7, 11) is 0. The highest BCUT2D eigenvalue weighted by atomic mass is 15.3. The fraction of sp³-hybridized carbons (Fsp3) is 0.312. The van der Waals surface area contributed by atoms with Crippen molar-refractivity contribution in [1.82, 2.24) is 10.2 Å². The Labute approximate surface area is 124 Å². The van der Waals surface area contributed by atoms with Crippen molar-refractivity contribution in [3.05, 3.63) is 47.7 Å². The average Bonchev–Trinajstić information content (AvgIpc) is 2.55. The Bertz CT molecular complexity index is 651. The van der Waals surface area contributed by atoms with Crippen LogP contribution in [0.5, 0.6) is 0 Å². The van der Waals surface area contributed by atoms with E-state index in [-0.39, 0.29) is 0 Å². The largest absolute Gasteiger partial charge is 0.368 e.